The van der Waals surface area contributed by atoms with Crippen LogP contribution in [0, 0.1) is 0 Å². The lowest BCUT2D eigenvalue weighted by Gasteiger charge is -2.16. The normalized spacial score (nSPS) is 12.2. The van der Waals surface area contributed by atoms with Gasteiger partial charge in [0.2, 0.25) is 0 Å². The molecule has 0 aliphatic carbocycles. The third kappa shape index (κ3) is 16.5. The number of halogens is 3. The fourth-order valence-electron chi connectivity index (χ4n) is 5.73. The summed E-state index contributed by atoms with van der Waals surface area (Å²) >= 11 is 0. The molecule has 2 aromatic carbocycles. The summed E-state index contributed by atoms with van der Waals surface area (Å²) in [6.07, 6.45) is 15.5. The van der Waals surface area contributed by atoms with Crippen molar-refractivity contribution in [1.82, 2.24) is 4.98 Å². The van der Waals surface area contributed by atoms with E-state index in [4.69, 9.17) is 14.2 Å². The van der Waals surface area contributed by atoms with Crippen LogP contribution in [0.4, 0.5) is 13.2 Å². The molecule has 1 aromatic heterocycles. The van der Waals surface area contributed by atoms with Crippen molar-refractivity contribution < 1.29 is 32.2 Å². The smallest absolute Gasteiger partial charge is 0.414 e. The van der Waals surface area contributed by atoms with Crippen LogP contribution in [-0.2, 0) is 9.47 Å². The Balaban J connectivity index is 1.27. The molecule has 0 amide bonds. The molecular formula is C42H58F3NO4. The van der Waals surface area contributed by atoms with Crippen LogP contribution in [-0.4, -0.2) is 43.1 Å². The van der Waals surface area contributed by atoms with E-state index < -0.39 is 12.3 Å². The lowest BCUT2D eigenvalue weighted by molar-refractivity contribution is -0.214. The lowest BCUT2D eigenvalue weighted by atomic mass is 10.0. The Morgan fingerprint density at radius 2 is 1.12 bits per heavy atom. The van der Waals surface area contributed by atoms with Crippen molar-refractivity contribution in [3.8, 4) is 28.1 Å². The summed E-state index contributed by atoms with van der Waals surface area (Å²) in [6.45, 7) is 4.44. The van der Waals surface area contributed by atoms with E-state index in [9.17, 15) is 18.0 Å². The van der Waals surface area contributed by atoms with Gasteiger partial charge in [-0.3, -0.25) is 4.98 Å². The maximum Gasteiger partial charge on any atom is 0.414 e. The van der Waals surface area contributed by atoms with E-state index in [1.54, 1.807) is 12.1 Å². The van der Waals surface area contributed by atoms with Crippen molar-refractivity contribution >= 4 is 5.97 Å². The first kappa shape index (κ1) is 41.0. The van der Waals surface area contributed by atoms with Crippen molar-refractivity contribution in [3.63, 3.8) is 0 Å². The quantitative estimate of drug-likeness (QED) is 0.0617. The predicted molar refractivity (Wildman–Crippen MR) is 197 cm³/mol. The monoisotopic (exact) mass is 697 g/mol. The van der Waals surface area contributed by atoms with Gasteiger partial charge in [-0.2, -0.15) is 13.2 Å². The Morgan fingerprint density at radius 1 is 0.620 bits per heavy atom. The predicted octanol–water partition coefficient (Wildman–Crippen LogP) is 12.6. The fraction of sp³-hybridized carbons (Fsp3) is 0.571. The third-order valence-electron chi connectivity index (χ3n) is 8.98. The Labute approximate surface area is 298 Å². The number of rotatable bonds is 26. The van der Waals surface area contributed by atoms with Crippen molar-refractivity contribution in [2.75, 3.05) is 19.8 Å². The maximum absolute atomic E-state index is 12.5. The average Bonchev–Trinajstić information content (AvgIpc) is 3.12. The number of hydrogen-bond acceptors (Lipinski definition) is 5. The van der Waals surface area contributed by atoms with Crippen LogP contribution in [0.25, 0.3) is 22.4 Å². The Kier molecular flexibility index (Phi) is 19.6. The number of aromatic nitrogens is 1. The number of carbonyl (C=O) groups excluding carboxylic acids is 1. The largest absolute Gasteiger partial charge is 0.494 e. The molecule has 3 rings (SSSR count). The van der Waals surface area contributed by atoms with E-state index in [1.807, 2.05) is 42.6 Å². The van der Waals surface area contributed by atoms with Gasteiger partial charge in [-0.15, -0.1) is 0 Å². The molecule has 1 heterocycles. The number of unbranched alkanes of at least 4 members (excludes halogenated alkanes) is 15. The second-order valence-electron chi connectivity index (χ2n) is 13.2. The van der Waals surface area contributed by atoms with Gasteiger partial charge in [0.05, 0.1) is 24.5 Å². The van der Waals surface area contributed by atoms with E-state index in [0.29, 0.717) is 25.0 Å². The summed E-state index contributed by atoms with van der Waals surface area (Å²) in [5, 5.41) is 0. The van der Waals surface area contributed by atoms with E-state index in [1.165, 1.54) is 70.6 Å². The van der Waals surface area contributed by atoms with Crippen LogP contribution >= 0.6 is 0 Å². The molecule has 5 nitrogen and oxygen atoms in total. The highest BCUT2D eigenvalue weighted by Crippen LogP contribution is 2.26. The number of esters is 1. The van der Waals surface area contributed by atoms with Crippen molar-refractivity contribution in [2.24, 2.45) is 0 Å². The van der Waals surface area contributed by atoms with Crippen LogP contribution < -0.4 is 4.74 Å². The molecule has 1 unspecified atom stereocenters. The third-order valence-corrected chi connectivity index (χ3v) is 8.98. The number of ether oxygens (including phenoxy) is 3. The number of benzene rings is 2. The first-order chi connectivity index (χ1) is 24.3. The minimum Gasteiger partial charge on any atom is -0.494 e. The molecular weight excluding hydrogens is 639 g/mol. The molecule has 8 heteroatoms. The van der Waals surface area contributed by atoms with Crippen LogP contribution in [0.5, 0.6) is 5.75 Å². The summed E-state index contributed by atoms with van der Waals surface area (Å²) in [5.74, 6) is 0.512. The van der Waals surface area contributed by atoms with E-state index in [0.717, 1.165) is 67.3 Å². The minimum atomic E-state index is -4.32. The summed E-state index contributed by atoms with van der Waals surface area (Å²) < 4.78 is 53.5. The first-order valence-corrected chi connectivity index (χ1v) is 18.9. The number of nitrogens with zero attached hydrogens (tertiary/aromatic N) is 1. The standard InChI is InChI=1S/C42H58F3NO4/c1-3-4-5-6-7-8-9-10-11-12-14-18-31-49-39-27-24-35(25-28-39)38-26-29-40(46-33-38)36-20-22-37(23-21-36)41(47)50-32-19-16-13-15-17-30-48-34(2)42(43,44)45/h20-29,33-34H,3-19,30-32H2,1-2H3. The molecule has 0 bridgehead atoms. The van der Waals surface area contributed by atoms with Crippen molar-refractivity contribution in [1.29, 1.82) is 0 Å². The molecule has 0 aliphatic rings. The van der Waals surface area contributed by atoms with E-state index in [2.05, 4.69) is 24.0 Å². The van der Waals surface area contributed by atoms with Gasteiger partial charge in [-0.25, -0.2) is 4.79 Å². The molecule has 0 saturated carbocycles. The Hall–Kier alpha value is -3.39. The van der Waals surface area contributed by atoms with Gasteiger partial charge in [0, 0.05) is 23.9 Å². The zero-order valence-electron chi connectivity index (χ0n) is 30.3. The zero-order chi connectivity index (χ0) is 35.9. The lowest BCUT2D eigenvalue weighted by Crippen LogP contribution is -2.28. The van der Waals surface area contributed by atoms with Gasteiger partial charge in [0.15, 0.2) is 6.10 Å². The molecule has 1 atom stereocenters. The fourth-order valence-corrected chi connectivity index (χ4v) is 5.73. The zero-order valence-corrected chi connectivity index (χ0v) is 30.3. The highest BCUT2D eigenvalue weighted by molar-refractivity contribution is 5.90. The van der Waals surface area contributed by atoms with Gasteiger partial charge < -0.3 is 14.2 Å². The number of hydrogen-bond donors (Lipinski definition) is 0. The second kappa shape index (κ2) is 23.9. The first-order valence-electron chi connectivity index (χ1n) is 18.9. The highest BCUT2D eigenvalue weighted by Gasteiger charge is 2.36. The highest BCUT2D eigenvalue weighted by atomic mass is 19.4. The van der Waals surface area contributed by atoms with Crippen molar-refractivity contribution in [2.45, 2.75) is 135 Å². The Morgan fingerprint density at radius 3 is 1.66 bits per heavy atom. The second-order valence-corrected chi connectivity index (χ2v) is 13.2. The molecule has 0 saturated heterocycles. The molecule has 0 aliphatic heterocycles. The molecule has 3 aromatic rings. The van der Waals surface area contributed by atoms with Gasteiger partial charge in [-0.05, 0) is 62.1 Å². The minimum absolute atomic E-state index is 0.0918. The molecule has 0 fully saturated rings. The van der Waals surface area contributed by atoms with E-state index >= 15 is 0 Å². The van der Waals surface area contributed by atoms with Gasteiger partial charge in [-0.1, -0.05) is 127 Å². The summed E-state index contributed by atoms with van der Waals surface area (Å²) in [7, 11) is 0. The molecule has 0 N–H and O–H groups in total. The van der Waals surface area contributed by atoms with Crippen LogP contribution in [0.1, 0.15) is 133 Å². The molecule has 50 heavy (non-hydrogen) atoms. The van der Waals surface area contributed by atoms with Gasteiger partial charge in [0.1, 0.15) is 5.75 Å². The van der Waals surface area contributed by atoms with Gasteiger partial charge >= 0.3 is 12.1 Å². The molecule has 276 valence electrons. The molecule has 0 spiro atoms. The van der Waals surface area contributed by atoms with Gasteiger partial charge in [0.25, 0.3) is 0 Å². The van der Waals surface area contributed by atoms with Crippen LogP contribution in [0.3, 0.4) is 0 Å². The number of carbonyl (C=O) groups is 1. The summed E-state index contributed by atoms with van der Waals surface area (Å²) in [4.78, 5) is 17.1. The van der Waals surface area contributed by atoms with Crippen molar-refractivity contribution in [3.05, 3.63) is 72.4 Å². The molecule has 0 radical (unpaired) electrons. The SMILES string of the molecule is CCCCCCCCCCCCCCOc1ccc(-c2ccc(-c3ccc(C(=O)OCCCCCCCOC(C)C(F)(F)F)cc3)nc2)cc1. The summed E-state index contributed by atoms with van der Waals surface area (Å²) in [6, 6.07) is 19.4. The van der Waals surface area contributed by atoms with Crippen LogP contribution in [0.2, 0.25) is 0 Å². The Bertz CT molecular complexity index is 1310. The topological polar surface area (TPSA) is 57.7 Å². The number of pyridine rings is 1. The number of alkyl halides is 3. The summed E-state index contributed by atoms with van der Waals surface area (Å²) in [5.41, 5.74) is 4.29. The van der Waals surface area contributed by atoms with E-state index in [-0.39, 0.29) is 12.6 Å². The van der Waals surface area contributed by atoms with Crippen LogP contribution in [0.15, 0.2) is 66.9 Å². The average molecular weight is 698 g/mol. The maximum atomic E-state index is 12.5.